The van der Waals surface area contributed by atoms with E-state index >= 15 is 0 Å². The molecule has 4 heteroatoms. The third-order valence-corrected chi connectivity index (χ3v) is 6.21. The molecule has 40 heavy (non-hydrogen) atoms. The van der Waals surface area contributed by atoms with Gasteiger partial charge in [-0.25, -0.2) is 9.59 Å². The van der Waals surface area contributed by atoms with Crippen molar-refractivity contribution in [2.45, 2.75) is 27.7 Å². The normalized spacial score (nSPS) is 11.7. The summed E-state index contributed by atoms with van der Waals surface area (Å²) in [5.41, 5.74) is 5.32. The zero-order valence-electron chi connectivity index (χ0n) is 23.6. The van der Waals surface area contributed by atoms with Gasteiger partial charge in [-0.2, -0.15) is 0 Å². The standard InChI is InChI=1S/C36H36O4/c1-25(2)23-39-35(37)32-17-9-27(10-18-32)5-7-29-13-15-31-16-14-30(22-34(31)21-29)8-6-28-11-19-33(20-12-28)36(38)40-24-26(3)4/h5-22,25-26H,23-24H2,1-4H3/b7-5-,8-6-. The van der Waals surface area contributed by atoms with Gasteiger partial charge in [-0.3, -0.25) is 0 Å². The minimum absolute atomic E-state index is 0.289. The maximum atomic E-state index is 12.1. The van der Waals surface area contributed by atoms with Gasteiger partial charge in [0.2, 0.25) is 0 Å². The fourth-order valence-corrected chi connectivity index (χ4v) is 3.99. The number of fused-ring (bicyclic) bond motifs is 1. The van der Waals surface area contributed by atoms with Gasteiger partial charge in [0.25, 0.3) is 0 Å². The summed E-state index contributed by atoms with van der Waals surface area (Å²) in [5.74, 6) is 0.0429. The quantitative estimate of drug-likeness (QED) is 0.151. The van der Waals surface area contributed by atoms with Crippen molar-refractivity contribution in [2.24, 2.45) is 11.8 Å². The SMILES string of the molecule is CC(C)COC(=O)c1ccc(/C=C\c2ccc3ccc(/C=C\c4ccc(C(=O)OCC(C)C)cc4)cc3c2)cc1. The molecule has 0 aliphatic rings. The van der Waals surface area contributed by atoms with Crippen LogP contribution < -0.4 is 0 Å². The lowest BCUT2D eigenvalue weighted by atomic mass is 10.0. The van der Waals surface area contributed by atoms with Crippen LogP contribution in [-0.4, -0.2) is 25.2 Å². The van der Waals surface area contributed by atoms with Gasteiger partial charge in [-0.15, -0.1) is 0 Å². The van der Waals surface area contributed by atoms with Gasteiger partial charge in [0.05, 0.1) is 24.3 Å². The fraction of sp³-hybridized carbons (Fsp3) is 0.222. The first-order chi connectivity index (χ1) is 19.3. The summed E-state index contributed by atoms with van der Waals surface area (Å²) in [5, 5.41) is 2.32. The van der Waals surface area contributed by atoms with Crippen molar-refractivity contribution < 1.29 is 19.1 Å². The summed E-state index contributed by atoms with van der Waals surface area (Å²) in [4.78, 5) is 24.3. The fourth-order valence-electron chi connectivity index (χ4n) is 3.99. The van der Waals surface area contributed by atoms with E-state index in [9.17, 15) is 9.59 Å². The molecule has 4 rings (SSSR count). The van der Waals surface area contributed by atoms with Crippen LogP contribution in [0.1, 0.15) is 70.7 Å². The lowest BCUT2D eigenvalue weighted by Gasteiger charge is -2.07. The Kier molecular flexibility index (Phi) is 9.69. The molecule has 0 N–H and O–H groups in total. The molecule has 0 unspecified atom stereocenters. The van der Waals surface area contributed by atoms with Crippen molar-refractivity contribution >= 4 is 47.0 Å². The van der Waals surface area contributed by atoms with E-state index in [1.165, 1.54) is 5.39 Å². The molecule has 0 aromatic heterocycles. The largest absolute Gasteiger partial charge is 0.462 e. The second-order valence-electron chi connectivity index (χ2n) is 10.8. The van der Waals surface area contributed by atoms with Crippen molar-refractivity contribution in [1.29, 1.82) is 0 Å². The number of hydrogen-bond donors (Lipinski definition) is 0. The smallest absolute Gasteiger partial charge is 0.338 e. The first-order valence-electron chi connectivity index (χ1n) is 13.7. The molecule has 0 heterocycles. The van der Waals surface area contributed by atoms with Gasteiger partial charge in [-0.05, 0) is 81.3 Å². The van der Waals surface area contributed by atoms with E-state index in [-0.39, 0.29) is 11.9 Å². The molecule has 0 amide bonds. The maximum absolute atomic E-state index is 12.1. The first-order valence-corrected chi connectivity index (χ1v) is 13.7. The second kappa shape index (κ2) is 13.6. The number of esters is 2. The molecule has 0 saturated heterocycles. The summed E-state index contributed by atoms with van der Waals surface area (Å²) < 4.78 is 10.6. The number of ether oxygens (including phenoxy) is 2. The van der Waals surface area contributed by atoms with Crippen LogP contribution in [0.25, 0.3) is 35.1 Å². The third kappa shape index (κ3) is 8.28. The van der Waals surface area contributed by atoms with Crippen molar-refractivity contribution in [3.8, 4) is 0 Å². The van der Waals surface area contributed by atoms with Crippen LogP contribution in [0, 0.1) is 11.8 Å². The van der Waals surface area contributed by atoms with Crippen LogP contribution in [-0.2, 0) is 9.47 Å². The Morgan fingerprint density at radius 3 is 1.25 bits per heavy atom. The summed E-state index contributed by atoms with van der Waals surface area (Å²) in [6.45, 7) is 8.90. The Labute approximate surface area is 237 Å². The molecular formula is C36H36O4. The van der Waals surface area contributed by atoms with Crippen LogP contribution >= 0.6 is 0 Å². The number of rotatable bonds is 10. The summed E-state index contributed by atoms with van der Waals surface area (Å²) in [7, 11) is 0. The molecule has 0 radical (unpaired) electrons. The lowest BCUT2D eigenvalue weighted by molar-refractivity contribution is 0.0450. The van der Waals surface area contributed by atoms with E-state index in [2.05, 4.69) is 48.6 Å². The minimum atomic E-state index is -0.289. The van der Waals surface area contributed by atoms with Crippen LogP contribution in [0.5, 0.6) is 0 Å². The molecule has 0 saturated carbocycles. The highest BCUT2D eigenvalue weighted by atomic mass is 16.5. The van der Waals surface area contributed by atoms with Crippen LogP contribution in [0.15, 0.2) is 84.9 Å². The van der Waals surface area contributed by atoms with Gasteiger partial charge in [0, 0.05) is 0 Å². The maximum Gasteiger partial charge on any atom is 0.338 e. The van der Waals surface area contributed by atoms with Crippen LogP contribution in [0.4, 0.5) is 0 Å². The van der Waals surface area contributed by atoms with Crippen LogP contribution in [0.2, 0.25) is 0 Å². The van der Waals surface area contributed by atoms with E-state index < -0.39 is 0 Å². The Hall–Kier alpha value is -4.44. The van der Waals surface area contributed by atoms with Gasteiger partial charge in [0.15, 0.2) is 0 Å². The Balaban J connectivity index is 1.41. The van der Waals surface area contributed by atoms with Crippen molar-refractivity contribution in [3.63, 3.8) is 0 Å². The lowest BCUT2D eigenvalue weighted by Crippen LogP contribution is -2.09. The highest BCUT2D eigenvalue weighted by molar-refractivity contribution is 5.91. The van der Waals surface area contributed by atoms with Gasteiger partial charge < -0.3 is 9.47 Å². The number of benzene rings is 4. The average Bonchev–Trinajstić information content (AvgIpc) is 2.96. The molecular weight excluding hydrogens is 496 g/mol. The van der Waals surface area contributed by atoms with Gasteiger partial charge in [0.1, 0.15) is 0 Å². The minimum Gasteiger partial charge on any atom is -0.462 e. The van der Waals surface area contributed by atoms with E-state index in [1.807, 2.05) is 64.1 Å². The molecule has 0 spiro atoms. The molecule has 0 fully saturated rings. The first kappa shape index (κ1) is 28.6. The molecule has 4 aromatic carbocycles. The highest BCUT2D eigenvalue weighted by Gasteiger charge is 2.08. The Bertz CT molecular complexity index is 1390. The molecule has 4 nitrogen and oxygen atoms in total. The molecule has 0 aliphatic carbocycles. The predicted molar refractivity (Wildman–Crippen MR) is 165 cm³/mol. The zero-order chi connectivity index (χ0) is 28.5. The average molecular weight is 533 g/mol. The molecule has 0 aliphatic heterocycles. The zero-order valence-corrected chi connectivity index (χ0v) is 23.6. The van der Waals surface area contributed by atoms with E-state index in [0.717, 1.165) is 27.6 Å². The molecule has 0 bridgehead atoms. The van der Waals surface area contributed by atoms with E-state index in [1.54, 1.807) is 24.3 Å². The molecule has 4 aromatic rings. The number of hydrogen-bond acceptors (Lipinski definition) is 4. The Morgan fingerprint density at radius 1 is 0.525 bits per heavy atom. The van der Waals surface area contributed by atoms with Crippen molar-refractivity contribution in [1.82, 2.24) is 0 Å². The third-order valence-electron chi connectivity index (χ3n) is 6.21. The van der Waals surface area contributed by atoms with E-state index in [4.69, 9.17) is 9.47 Å². The second-order valence-corrected chi connectivity index (χ2v) is 10.8. The number of carbonyl (C=O) groups is 2. The van der Waals surface area contributed by atoms with Crippen LogP contribution in [0.3, 0.4) is 0 Å². The predicted octanol–water partition coefficient (Wildman–Crippen LogP) is 8.81. The molecule has 0 atom stereocenters. The van der Waals surface area contributed by atoms with Gasteiger partial charge >= 0.3 is 11.9 Å². The molecule has 204 valence electrons. The topological polar surface area (TPSA) is 52.6 Å². The van der Waals surface area contributed by atoms with E-state index in [0.29, 0.717) is 36.2 Å². The monoisotopic (exact) mass is 532 g/mol. The van der Waals surface area contributed by atoms with Gasteiger partial charge in [-0.1, -0.05) is 101 Å². The number of carbonyl (C=O) groups excluding carboxylic acids is 2. The highest BCUT2D eigenvalue weighted by Crippen LogP contribution is 2.21. The Morgan fingerprint density at radius 2 is 0.875 bits per heavy atom. The summed E-state index contributed by atoms with van der Waals surface area (Å²) in [6, 6.07) is 27.7. The van der Waals surface area contributed by atoms with Crippen molar-refractivity contribution in [3.05, 3.63) is 118 Å². The summed E-state index contributed by atoms with van der Waals surface area (Å²) >= 11 is 0. The summed E-state index contributed by atoms with van der Waals surface area (Å²) in [6.07, 6.45) is 8.22. The van der Waals surface area contributed by atoms with Crippen molar-refractivity contribution in [2.75, 3.05) is 13.2 Å².